The SMILES string of the molecule is CC.COCc1ccccc1.O=[N+]([O-])c1cnc2ccccc2c1Cl. The number of fused-ring (bicyclic) bond motifs is 1. The molecule has 0 unspecified atom stereocenters. The predicted molar refractivity (Wildman–Crippen MR) is 102 cm³/mol. The fourth-order valence-corrected chi connectivity index (χ4v) is 2.24. The quantitative estimate of drug-likeness (QED) is 0.446. The van der Waals surface area contributed by atoms with Gasteiger partial charge in [0.05, 0.1) is 17.0 Å². The van der Waals surface area contributed by atoms with Crippen LogP contribution in [0.1, 0.15) is 19.4 Å². The van der Waals surface area contributed by atoms with Crippen LogP contribution in [0.25, 0.3) is 10.9 Å². The highest BCUT2D eigenvalue weighted by Crippen LogP contribution is 2.30. The number of rotatable bonds is 3. The number of para-hydroxylation sites is 1. The van der Waals surface area contributed by atoms with Crippen molar-refractivity contribution in [1.29, 1.82) is 0 Å². The van der Waals surface area contributed by atoms with E-state index in [1.807, 2.05) is 44.2 Å². The predicted octanol–water partition coefficient (Wildman–Crippen LogP) is 5.66. The van der Waals surface area contributed by atoms with Crippen molar-refractivity contribution >= 4 is 28.2 Å². The number of benzene rings is 2. The molecule has 0 fully saturated rings. The zero-order chi connectivity index (χ0) is 18.7. The average Bonchev–Trinajstić information content (AvgIpc) is 2.65. The Morgan fingerprint density at radius 2 is 1.68 bits per heavy atom. The van der Waals surface area contributed by atoms with Crippen molar-refractivity contribution in [3.8, 4) is 0 Å². The van der Waals surface area contributed by atoms with Gasteiger partial charge in [0, 0.05) is 12.5 Å². The summed E-state index contributed by atoms with van der Waals surface area (Å²) in [5.41, 5.74) is 1.72. The molecule has 0 aliphatic carbocycles. The van der Waals surface area contributed by atoms with Crippen LogP contribution in [-0.2, 0) is 11.3 Å². The molecule has 5 nitrogen and oxygen atoms in total. The van der Waals surface area contributed by atoms with Crippen LogP contribution in [0, 0.1) is 10.1 Å². The van der Waals surface area contributed by atoms with Gasteiger partial charge in [-0.1, -0.05) is 74.0 Å². The molecule has 0 spiro atoms. The molecular formula is C19H21ClN2O3. The van der Waals surface area contributed by atoms with Crippen molar-refractivity contribution in [2.45, 2.75) is 20.5 Å². The highest BCUT2D eigenvalue weighted by molar-refractivity contribution is 6.37. The Labute approximate surface area is 152 Å². The second-order valence-corrected chi connectivity index (χ2v) is 5.03. The van der Waals surface area contributed by atoms with Gasteiger partial charge in [0.15, 0.2) is 0 Å². The van der Waals surface area contributed by atoms with Crippen LogP contribution in [0.2, 0.25) is 5.02 Å². The topological polar surface area (TPSA) is 65.3 Å². The van der Waals surface area contributed by atoms with E-state index in [4.69, 9.17) is 16.3 Å². The maximum atomic E-state index is 10.5. The van der Waals surface area contributed by atoms with Gasteiger partial charge in [0.25, 0.3) is 0 Å². The lowest BCUT2D eigenvalue weighted by molar-refractivity contribution is -0.384. The Balaban J connectivity index is 0.000000246. The molecule has 0 saturated carbocycles. The van der Waals surface area contributed by atoms with E-state index in [-0.39, 0.29) is 10.7 Å². The number of nitro groups is 1. The number of pyridine rings is 1. The van der Waals surface area contributed by atoms with Crippen LogP contribution in [0.15, 0.2) is 60.8 Å². The second kappa shape index (κ2) is 11.1. The minimum Gasteiger partial charge on any atom is -0.380 e. The molecule has 3 rings (SSSR count). The monoisotopic (exact) mass is 360 g/mol. The number of ether oxygens (including phenoxy) is 1. The smallest absolute Gasteiger partial charge is 0.306 e. The number of halogens is 1. The van der Waals surface area contributed by atoms with E-state index < -0.39 is 4.92 Å². The first kappa shape index (κ1) is 20.5. The number of hydrogen-bond acceptors (Lipinski definition) is 4. The Hall–Kier alpha value is -2.50. The van der Waals surface area contributed by atoms with E-state index in [0.29, 0.717) is 17.5 Å². The lowest BCUT2D eigenvalue weighted by Crippen LogP contribution is -1.91. The van der Waals surface area contributed by atoms with E-state index >= 15 is 0 Å². The minimum absolute atomic E-state index is 0.139. The van der Waals surface area contributed by atoms with Gasteiger partial charge in [0.2, 0.25) is 0 Å². The second-order valence-electron chi connectivity index (χ2n) is 4.65. The summed E-state index contributed by atoms with van der Waals surface area (Å²) in [6.45, 7) is 4.71. The summed E-state index contributed by atoms with van der Waals surface area (Å²) in [6, 6.07) is 17.1. The van der Waals surface area contributed by atoms with E-state index in [2.05, 4.69) is 4.98 Å². The van der Waals surface area contributed by atoms with E-state index in [0.717, 1.165) is 0 Å². The largest absolute Gasteiger partial charge is 0.380 e. The maximum Gasteiger partial charge on any atom is 0.306 e. The van der Waals surface area contributed by atoms with Crippen molar-refractivity contribution in [2.75, 3.05) is 7.11 Å². The van der Waals surface area contributed by atoms with Crippen LogP contribution >= 0.6 is 11.6 Å². The van der Waals surface area contributed by atoms with Crippen molar-refractivity contribution in [3.05, 3.63) is 81.5 Å². The summed E-state index contributed by atoms with van der Waals surface area (Å²) >= 11 is 5.85. The van der Waals surface area contributed by atoms with Gasteiger partial charge in [-0.2, -0.15) is 0 Å². The molecule has 25 heavy (non-hydrogen) atoms. The molecule has 1 aromatic heterocycles. The summed E-state index contributed by atoms with van der Waals surface area (Å²) in [5.74, 6) is 0. The molecule has 0 amide bonds. The Morgan fingerprint density at radius 3 is 2.28 bits per heavy atom. The third-order valence-corrected chi connectivity index (χ3v) is 3.44. The molecule has 0 N–H and O–H groups in total. The fourth-order valence-electron chi connectivity index (χ4n) is 1.97. The maximum absolute atomic E-state index is 10.5. The first-order valence-corrected chi connectivity index (χ1v) is 8.21. The third-order valence-electron chi connectivity index (χ3n) is 3.04. The lowest BCUT2D eigenvalue weighted by Gasteiger charge is -1.99. The minimum atomic E-state index is -0.540. The Kier molecular flexibility index (Phi) is 9.14. The molecule has 0 atom stereocenters. The van der Waals surface area contributed by atoms with Gasteiger partial charge in [-0.05, 0) is 11.6 Å². The summed E-state index contributed by atoms with van der Waals surface area (Å²) in [4.78, 5) is 13.9. The summed E-state index contributed by atoms with van der Waals surface area (Å²) in [5, 5.41) is 11.3. The van der Waals surface area contributed by atoms with Gasteiger partial charge in [-0.3, -0.25) is 10.1 Å². The van der Waals surface area contributed by atoms with Crippen LogP contribution in [0.3, 0.4) is 0 Å². The molecule has 0 radical (unpaired) electrons. The Morgan fingerprint density at radius 1 is 1.08 bits per heavy atom. The van der Waals surface area contributed by atoms with Crippen LogP contribution in [-0.4, -0.2) is 17.0 Å². The zero-order valence-electron chi connectivity index (χ0n) is 14.5. The van der Waals surface area contributed by atoms with E-state index in [9.17, 15) is 10.1 Å². The molecule has 0 saturated heterocycles. The van der Waals surface area contributed by atoms with Gasteiger partial charge < -0.3 is 4.74 Å². The Bertz CT molecular complexity index is 795. The summed E-state index contributed by atoms with van der Waals surface area (Å²) in [7, 11) is 1.70. The van der Waals surface area contributed by atoms with Gasteiger partial charge in [-0.25, -0.2) is 4.98 Å². The molecule has 0 aliphatic heterocycles. The molecule has 0 bridgehead atoms. The molecular weight excluding hydrogens is 340 g/mol. The third kappa shape index (κ3) is 6.14. The highest BCUT2D eigenvalue weighted by atomic mass is 35.5. The van der Waals surface area contributed by atoms with Gasteiger partial charge >= 0.3 is 5.69 Å². The number of nitrogens with zero attached hydrogens (tertiary/aromatic N) is 2. The van der Waals surface area contributed by atoms with Gasteiger partial charge in [0.1, 0.15) is 11.2 Å². The molecule has 3 aromatic rings. The lowest BCUT2D eigenvalue weighted by atomic mass is 10.2. The van der Waals surface area contributed by atoms with Crippen molar-refractivity contribution in [1.82, 2.24) is 4.98 Å². The standard InChI is InChI=1S/C9H5ClN2O2.C8H10O.C2H6/c10-9-6-3-1-2-4-7(6)11-5-8(9)12(13)14;1-9-7-8-5-3-2-4-6-8;1-2/h1-5H;2-6H,7H2,1H3;1-2H3. The number of methoxy groups -OCH3 is 1. The van der Waals surface area contributed by atoms with Gasteiger partial charge in [-0.15, -0.1) is 0 Å². The first-order valence-electron chi connectivity index (χ1n) is 7.84. The molecule has 0 aliphatic rings. The van der Waals surface area contributed by atoms with Crippen LogP contribution in [0.4, 0.5) is 5.69 Å². The van der Waals surface area contributed by atoms with Crippen molar-refractivity contribution in [3.63, 3.8) is 0 Å². The molecule has 1 heterocycles. The normalized spacial score (nSPS) is 9.44. The highest BCUT2D eigenvalue weighted by Gasteiger charge is 2.15. The first-order chi connectivity index (χ1) is 12.1. The van der Waals surface area contributed by atoms with Crippen molar-refractivity contribution in [2.24, 2.45) is 0 Å². The number of aromatic nitrogens is 1. The van der Waals surface area contributed by atoms with Crippen LogP contribution < -0.4 is 0 Å². The molecule has 132 valence electrons. The average molecular weight is 361 g/mol. The van der Waals surface area contributed by atoms with E-state index in [1.54, 1.807) is 31.4 Å². The van der Waals surface area contributed by atoms with Crippen molar-refractivity contribution < 1.29 is 9.66 Å². The number of hydrogen-bond donors (Lipinski definition) is 0. The van der Waals surface area contributed by atoms with Crippen LogP contribution in [0.5, 0.6) is 0 Å². The van der Waals surface area contributed by atoms with E-state index in [1.165, 1.54) is 11.8 Å². The summed E-state index contributed by atoms with van der Waals surface area (Å²) in [6.07, 6.45) is 1.17. The molecule has 2 aromatic carbocycles. The fraction of sp³-hybridized carbons (Fsp3) is 0.211. The summed E-state index contributed by atoms with van der Waals surface area (Å²) < 4.78 is 4.93. The zero-order valence-corrected chi connectivity index (χ0v) is 15.2. The molecule has 6 heteroatoms.